The molecule has 0 fully saturated rings. The highest BCUT2D eigenvalue weighted by molar-refractivity contribution is 14.2. The SMILES string of the molecule is NC1=IN(COP(=O)(O)O)C=CC=C1c1cc(Cc2ccc(-c3ccc(F)cc3)nc2)no1. The summed E-state index contributed by atoms with van der Waals surface area (Å²) in [5.41, 5.74) is 10.1. The highest BCUT2D eigenvalue weighted by atomic mass is 127. The van der Waals surface area contributed by atoms with Crippen LogP contribution >= 0.6 is 28.8 Å². The van der Waals surface area contributed by atoms with Gasteiger partial charge in [0.2, 0.25) is 0 Å². The van der Waals surface area contributed by atoms with Crippen molar-refractivity contribution < 1.29 is 27.8 Å². The average Bonchev–Trinajstić information content (AvgIpc) is 3.14. The van der Waals surface area contributed by atoms with E-state index in [1.807, 2.05) is 12.1 Å². The third-order valence-corrected chi connectivity index (χ3v) is 7.26. The minimum atomic E-state index is -4.57. The van der Waals surface area contributed by atoms with E-state index in [1.165, 1.54) is 12.1 Å². The molecule has 3 aromatic rings. The van der Waals surface area contributed by atoms with E-state index in [9.17, 15) is 8.96 Å². The first kappa shape index (κ1) is 23.6. The number of hydrogen-bond donors (Lipinski definition) is 3. The molecule has 2 aromatic heterocycles. The van der Waals surface area contributed by atoms with E-state index >= 15 is 0 Å². The normalized spacial score (nSPS) is 14.4. The Morgan fingerprint density at radius 2 is 2.00 bits per heavy atom. The van der Waals surface area contributed by atoms with Crippen molar-refractivity contribution in [3.63, 3.8) is 0 Å². The largest absolute Gasteiger partial charge is 0.471 e. The topological polar surface area (TPSA) is 135 Å². The van der Waals surface area contributed by atoms with Crippen LogP contribution in [0.3, 0.4) is 0 Å². The zero-order chi connectivity index (χ0) is 23.4. The summed E-state index contributed by atoms with van der Waals surface area (Å²) in [5, 5.41) is 4.12. The van der Waals surface area contributed by atoms with E-state index in [0.717, 1.165) is 16.8 Å². The van der Waals surface area contributed by atoms with Crippen LogP contribution in [0.1, 0.15) is 17.0 Å². The van der Waals surface area contributed by atoms with Gasteiger partial charge in [-0.3, -0.25) is 15.2 Å². The van der Waals surface area contributed by atoms with Crippen LogP contribution in [0, 0.1) is 5.82 Å². The first-order chi connectivity index (χ1) is 15.8. The summed E-state index contributed by atoms with van der Waals surface area (Å²) in [6, 6.07) is 11.7. The van der Waals surface area contributed by atoms with Gasteiger partial charge in [0.1, 0.15) is 12.5 Å². The second kappa shape index (κ2) is 10.2. The summed E-state index contributed by atoms with van der Waals surface area (Å²) in [5.74, 6) is 0.208. The molecule has 1 aromatic carbocycles. The van der Waals surface area contributed by atoms with Crippen LogP contribution in [0.25, 0.3) is 16.8 Å². The lowest BCUT2D eigenvalue weighted by Crippen LogP contribution is -2.15. The van der Waals surface area contributed by atoms with Gasteiger partial charge >= 0.3 is 7.82 Å². The smallest absolute Gasteiger partial charge is 0.356 e. The van der Waals surface area contributed by atoms with Crippen molar-refractivity contribution in [2.45, 2.75) is 6.42 Å². The number of benzene rings is 1. The zero-order valence-electron chi connectivity index (χ0n) is 17.0. The Kier molecular flexibility index (Phi) is 7.27. The van der Waals surface area contributed by atoms with E-state index in [4.69, 9.17) is 20.0 Å². The lowest BCUT2D eigenvalue weighted by molar-refractivity contribution is 0.169. The maximum absolute atomic E-state index is 13.1. The standard InChI is InChI=1S/C21H19FIN4O5P/c22-16-6-4-15(5-7-16)19-8-3-14(12-25-19)10-17-11-20(32-26-17)18-2-1-9-27(23-21(18)24)13-31-33(28,29)30/h1-9,11-12H,10,13,24H2,(H2,28,29,30). The molecule has 0 unspecified atom stereocenters. The Balaban J connectivity index is 1.43. The Labute approximate surface area is 198 Å². The molecule has 1 aliphatic heterocycles. The van der Waals surface area contributed by atoms with Gasteiger partial charge in [0, 0.05) is 57.0 Å². The van der Waals surface area contributed by atoms with Gasteiger partial charge in [-0.2, -0.15) is 0 Å². The molecule has 0 atom stereocenters. The molecule has 172 valence electrons. The number of nitrogens with two attached hydrogens (primary N) is 1. The summed E-state index contributed by atoms with van der Waals surface area (Å²) in [6.07, 6.45) is 7.37. The van der Waals surface area contributed by atoms with E-state index in [2.05, 4.69) is 14.7 Å². The highest BCUT2D eigenvalue weighted by Gasteiger charge is 2.18. The quantitative estimate of drug-likeness (QED) is 0.216. The van der Waals surface area contributed by atoms with Crippen LogP contribution in [-0.2, 0) is 15.5 Å². The number of allylic oxidation sites excluding steroid dienone is 2. The van der Waals surface area contributed by atoms with Crippen LogP contribution < -0.4 is 5.73 Å². The molecule has 9 nitrogen and oxygen atoms in total. The maximum Gasteiger partial charge on any atom is 0.471 e. The minimum absolute atomic E-state index is 0.265. The third kappa shape index (κ3) is 6.50. The summed E-state index contributed by atoms with van der Waals surface area (Å²) in [7, 11) is -4.57. The fourth-order valence-electron chi connectivity index (χ4n) is 2.95. The first-order valence-corrected chi connectivity index (χ1v) is 13.1. The van der Waals surface area contributed by atoms with Crippen molar-refractivity contribution in [2.75, 3.05) is 6.73 Å². The summed E-state index contributed by atoms with van der Waals surface area (Å²) < 4.78 is 36.2. The molecule has 3 heterocycles. The fraction of sp³-hybridized carbons (Fsp3) is 0.0952. The molecule has 4 rings (SSSR count). The number of phosphoric acid groups is 1. The van der Waals surface area contributed by atoms with Crippen LogP contribution in [0.5, 0.6) is 0 Å². The van der Waals surface area contributed by atoms with Crippen LogP contribution in [-0.4, -0.2) is 33.4 Å². The van der Waals surface area contributed by atoms with Gasteiger partial charge in [-0.15, -0.1) is 0 Å². The summed E-state index contributed by atoms with van der Waals surface area (Å²) >= 11 is -0.947. The first-order valence-electron chi connectivity index (χ1n) is 9.57. The van der Waals surface area contributed by atoms with Gasteiger partial charge < -0.3 is 17.4 Å². The van der Waals surface area contributed by atoms with Crippen molar-refractivity contribution >= 4 is 38.0 Å². The van der Waals surface area contributed by atoms with Crippen molar-refractivity contribution in [3.8, 4) is 11.3 Å². The average molecular weight is 584 g/mol. The number of phosphoric ester groups is 1. The van der Waals surface area contributed by atoms with Crippen LogP contribution in [0.15, 0.2) is 71.5 Å². The van der Waals surface area contributed by atoms with E-state index < -0.39 is 28.8 Å². The maximum atomic E-state index is 13.1. The molecule has 0 bridgehead atoms. The minimum Gasteiger partial charge on any atom is -0.356 e. The number of aromatic nitrogens is 2. The molecule has 0 saturated heterocycles. The van der Waals surface area contributed by atoms with Crippen LogP contribution in [0.4, 0.5) is 4.39 Å². The number of halogens is 2. The van der Waals surface area contributed by atoms with Gasteiger partial charge in [0.15, 0.2) is 5.76 Å². The Hall–Kier alpha value is -2.54. The second-order valence-corrected chi connectivity index (χ2v) is 11.0. The molecule has 0 aliphatic carbocycles. The fourth-order valence-corrected chi connectivity index (χ4v) is 5.45. The molecule has 0 saturated carbocycles. The van der Waals surface area contributed by atoms with Crippen LogP contribution in [0.2, 0.25) is 0 Å². The van der Waals surface area contributed by atoms with E-state index in [1.54, 1.807) is 45.9 Å². The summed E-state index contributed by atoms with van der Waals surface area (Å²) in [4.78, 5) is 22.2. The molecule has 0 radical (unpaired) electrons. The van der Waals surface area contributed by atoms with Gasteiger partial charge in [0.25, 0.3) is 0 Å². The highest BCUT2D eigenvalue weighted by Crippen LogP contribution is 2.37. The molecule has 33 heavy (non-hydrogen) atoms. The number of rotatable bonds is 7. The Morgan fingerprint density at radius 3 is 2.70 bits per heavy atom. The molecule has 4 N–H and O–H groups in total. The van der Waals surface area contributed by atoms with Gasteiger partial charge in [-0.1, -0.05) is 11.2 Å². The van der Waals surface area contributed by atoms with Gasteiger partial charge in [0.05, 0.1) is 15.0 Å². The lowest BCUT2D eigenvalue weighted by Gasteiger charge is -2.14. The molecular formula is C21H19FIN4O5P. The molecule has 0 amide bonds. The van der Waals surface area contributed by atoms with Crippen molar-refractivity contribution in [2.24, 2.45) is 5.73 Å². The number of hydrogen-bond acceptors (Lipinski definition) is 7. The van der Waals surface area contributed by atoms with Gasteiger partial charge in [-0.05, 0) is 48.0 Å². The summed E-state index contributed by atoms with van der Waals surface area (Å²) in [6.45, 7) is -0.265. The second-order valence-electron chi connectivity index (χ2n) is 6.92. The zero-order valence-corrected chi connectivity index (χ0v) is 20.1. The monoisotopic (exact) mass is 584 g/mol. The van der Waals surface area contributed by atoms with Crippen molar-refractivity contribution in [1.29, 1.82) is 0 Å². The third-order valence-electron chi connectivity index (χ3n) is 4.49. The number of pyridine rings is 1. The molecule has 12 heteroatoms. The van der Waals surface area contributed by atoms with Crippen molar-refractivity contribution in [3.05, 3.63) is 89.8 Å². The molecule has 0 spiro atoms. The van der Waals surface area contributed by atoms with E-state index in [0.29, 0.717) is 27.1 Å². The van der Waals surface area contributed by atoms with Crippen molar-refractivity contribution in [1.82, 2.24) is 13.3 Å². The predicted octanol–water partition coefficient (Wildman–Crippen LogP) is 3.72. The lowest BCUT2D eigenvalue weighted by atomic mass is 10.1. The van der Waals surface area contributed by atoms with E-state index in [-0.39, 0.29) is 12.5 Å². The molecular weight excluding hydrogens is 565 g/mol. The molecule has 1 aliphatic rings. The predicted molar refractivity (Wildman–Crippen MR) is 129 cm³/mol. The Morgan fingerprint density at radius 1 is 1.21 bits per heavy atom. The number of nitrogens with zero attached hydrogens (tertiary/aromatic N) is 3. The Bertz CT molecular complexity index is 1270. The van der Waals surface area contributed by atoms with Gasteiger partial charge in [-0.25, -0.2) is 8.96 Å².